The molecule has 3 heterocycles. The smallest absolute Gasteiger partial charge is 0.294 e. The van der Waals surface area contributed by atoms with Crippen molar-refractivity contribution in [3.8, 4) is 11.5 Å². The van der Waals surface area contributed by atoms with Crippen LogP contribution in [0.3, 0.4) is 0 Å². The minimum Gasteiger partial charge on any atom is -0.454 e. The molecular formula is C17H16N2O6S2. The minimum absolute atomic E-state index is 0.151. The number of benzene rings is 1. The molecule has 142 valence electrons. The van der Waals surface area contributed by atoms with Crippen LogP contribution >= 0.6 is 23.5 Å². The number of aliphatic hydroxyl groups is 1. The van der Waals surface area contributed by atoms with Crippen molar-refractivity contribution in [1.82, 2.24) is 10.2 Å². The van der Waals surface area contributed by atoms with Gasteiger partial charge in [-0.3, -0.25) is 19.3 Å². The standard InChI is InChI=1S/C17H16N2O6S2/c20-11-7-26-6-10(11)18-15(21)5-19-16(22)14(27-17(19)23)4-9-1-2-12-13(3-9)25-8-24-12/h1-4,10-11,20H,5-8H2,(H,18,21)/t10-,11+/m1/s1. The van der Waals surface area contributed by atoms with Gasteiger partial charge in [-0.05, 0) is 35.5 Å². The Labute approximate surface area is 163 Å². The van der Waals surface area contributed by atoms with Crippen molar-refractivity contribution >= 4 is 46.7 Å². The third-order valence-corrected chi connectivity index (χ3v) is 6.35. The Kier molecular flexibility index (Phi) is 5.02. The van der Waals surface area contributed by atoms with Crippen molar-refractivity contribution in [2.24, 2.45) is 0 Å². The largest absolute Gasteiger partial charge is 0.454 e. The molecule has 0 aromatic heterocycles. The number of imide groups is 1. The van der Waals surface area contributed by atoms with Gasteiger partial charge in [0.15, 0.2) is 11.5 Å². The molecule has 4 rings (SSSR count). The van der Waals surface area contributed by atoms with Gasteiger partial charge in [-0.15, -0.1) is 0 Å². The number of nitrogens with zero attached hydrogens (tertiary/aromatic N) is 1. The molecule has 27 heavy (non-hydrogen) atoms. The molecule has 0 unspecified atom stereocenters. The summed E-state index contributed by atoms with van der Waals surface area (Å²) in [7, 11) is 0. The number of carbonyl (C=O) groups excluding carboxylic acids is 3. The molecule has 3 amide bonds. The van der Waals surface area contributed by atoms with Crippen LogP contribution in [0.2, 0.25) is 0 Å². The van der Waals surface area contributed by atoms with Crippen LogP contribution in [0.5, 0.6) is 11.5 Å². The third kappa shape index (κ3) is 3.78. The zero-order valence-electron chi connectivity index (χ0n) is 14.0. The first kappa shape index (κ1) is 18.2. The van der Waals surface area contributed by atoms with E-state index < -0.39 is 23.2 Å². The summed E-state index contributed by atoms with van der Waals surface area (Å²) in [5, 5.41) is 11.9. The number of amides is 3. The second-order valence-electron chi connectivity index (χ2n) is 6.16. The van der Waals surface area contributed by atoms with Gasteiger partial charge in [0.25, 0.3) is 11.1 Å². The predicted octanol–water partition coefficient (Wildman–Crippen LogP) is 1.04. The highest BCUT2D eigenvalue weighted by molar-refractivity contribution is 8.18. The van der Waals surface area contributed by atoms with E-state index in [-0.39, 0.29) is 24.3 Å². The number of nitrogens with one attached hydrogen (secondary N) is 1. The van der Waals surface area contributed by atoms with Gasteiger partial charge < -0.3 is 19.9 Å². The van der Waals surface area contributed by atoms with Crippen LogP contribution in [0.15, 0.2) is 23.1 Å². The highest BCUT2D eigenvalue weighted by atomic mass is 32.2. The number of aliphatic hydroxyl groups excluding tert-OH is 1. The summed E-state index contributed by atoms with van der Waals surface area (Å²) in [6.45, 7) is -0.213. The molecule has 3 aliphatic heterocycles. The minimum atomic E-state index is -0.611. The van der Waals surface area contributed by atoms with Crippen LogP contribution < -0.4 is 14.8 Å². The SMILES string of the molecule is O=C(CN1C(=O)SC(=Cc2ccc3c(c2)OCO3)C1=O)N[C@@H]1CSC[C@@H]1O. The maximum atomic E-state index is 12.5. The van der Waals surface area contributed by atoms with E-state index in [1.165, 1.54) is 0 Å². The van der Waals surface area contributed by atoms with Crippen molar-refractivity contribution in [1.29, 1.82) is 0 Å². The molecule has 1 aromatic carbocycles. The van der Waals surface area contributed by atoms with Gasteiger partial charge in [0.05, 0.1) is 17.1 Å². The van der Waals surface area contributed by atoms with Gasteiger partial charge in [0, 0.05) is 11.5 Å². The fourth-order valence-electron chi connectivity index (χ4n) is 2.87. The van der Waals surface area contributed by atoms with Crippen molar-refractivity contribution in [3.63, 3.8) is 0 Å². The number of carbonyl (C=O) groups is 3. The van der Waals surface area contributed by atoms with E-state index in [1.807, 2.05) is 0 Å². The molecule has 0 saturated carbocycles. The quantitative estimate of drug-likeness (QED) is 0.712. The van der Waals surface area contributed by atoms with Gasteiger partial charge in [-0.1, -0.05) is 6.07 Å². The Morgan fingerprint density at radius 1 is 1.30 bits per heavy atom. The Morgan fingerprint density at radius 3 is 2.89 bits per heavy atom. The van der Waals surface area contributed by atoms with Crippen LogP contribution in [0, 0.1) is 0 Å². The number of fused-ring (bicyclic) bond motifs is 1. The first-order valence-corrected chi connectivity index (χ1v) is 10.2. The first-order chi connectivity index (χ1) is 13.0. The van der Waals surface area contributed by atoms with E-state index in [2.05, 4.69) is 5.32 Å². The second-order valence-corrected chi connectivity index (χ2v) is 8.23. The fourth-order valence-corrected chi connectivity index (χ4v) is 4.88. The van der Waals surface area contributed by atoms with E-state index in [4.69, 9.17) is 9.47 Å². The maximum absolute atomic E-state index is 12.5. The van der Waals surface area contributed by atoms with Crippen LogP contribution in [0.25, 0.3) is 6.08 Å². The van der Waals surface area contributed by atoms with Crippen LogP contribution in [-0.2, 0) is 9.59 Å². The Morgan fingerprint density at radius 2 is 2.11 bits per heavy atom. The monoisotopic (exact) mass is 408 g/mol. The molecule has 0 radical (unpaired) electrons. The summed E-state index contributed by atoms with van der Waals surface area (Å²) in [5.41, 5.74) is 0.695. The van der Waals surface area contributed by atoms with Gasteiger partial charge in [0.1, 0.15) is 6.54 Å². The molecule has 3 aliphatic rings. The van der Waals surface area contributed by atoms with E-state index in [0.717, 1.165) is 16.7 Å². The average molecular weight is 408 g/mol. The van der Waals surface area contributed by atoms with Gasteiger partial charge in [0.2, 0.25) is 12.7 Å². The zero-order chi connectivity index (χ0) is 19.0. The molecular weight excluding hydrogens is 392 g/mol. The number of hydrogen-bond donors (Lipinski definition) is 2. The average Bonchev–Trinajstić information content (AvgIpc) is 3.32. The van der Waals surface area contributed by atoms with Crippen molar-refractivity contribution in [2.75, 3.05) is 24.8 Å². The normalized spacial score (nSPS) is 25.5. The molecule has 0 aliphatic carbocycles. The molecule has 2 saturated heterocycles. The molecule has 2 fully saturated rings. The summed E-state index contributed by atoms with van der Waals surface area (Å²) in [6, 6.07) is 4.86. The van der Waals surface area contributed by atoms with Gasteiger partial charge in [-0.25, -0.2) is 0 Å². The lowest BCUT2D eigenvalue weighted by molar-refractivity contribution is -0.129. The van der Waals surface area contributed by atoms with Gasteiger partial charge >= 0.3 is 0 Å². The summed E-state index contributed by atoms with van der Waals surface area (Å²) in [4.78, 5) is 38.0. The molecule has 10 heteroatoms. The van der Waals surface area contributed by atoms with E-state index in [1.54, 1.807) is 36.0 Å². The Balaban J connectivity index is 1.43. The highest BCUT2D eigenvalue weighted by Gasteiger charge is 2.37. The Bertz CT molecular complexity index is 843. The number of rotatable bonds is 4. The van der Waals surface area contributed by atoms with Crippen LogP contribution in [0.1, 0.15) is 5.56 Å². The van der Waals surface area contributed by atoms with Gasteiger partial charge in [-0.2, -0.15) is 11.8 Å². The fraction of sp³-hybridized carbons (Fsp3) is 0.353. The summed E-state index contributed by atoms with van der Waals surface area (Å²) >= 11 is 2.33. The molecule has 2 N–H and O–H groups in total. The zero-order valence-corrected chi connectivity index (χ0v) is 15.7. The van der Waals surface area contributed by atoms with Crippen molar-refractivity contribution in [3.05, 3.63) is 28.7 Å². The highest BCUT2D eigenvalue weighted by Crippen LogP contribution is 2.36. The third-order valence-electron chi connectivity index (χ3n) is 4.27. The maximum Gasteiger partial charge on any atom is 0.294 e. The Hall–Kier alpha value is -2.17. The summed E-state index contributed by atoms with van der Waals surface area (Å²) < 4.78 is 10.5. The molecule has 0 spiro atoms. The van der Waals surface area contributed by atoms with E-state index in [0.29, 0.717) is 28.6 Å². The lowest BCUT2D eigenvalue weighted by Gasteiger charge is -2.18. The van der Waals surface area contributed by atoms with Crippen LogP contribution in [0.4, 0.5) is 4.79 Å². The topological polar surface area (TPSA) is 105 Å². The number of thioether (sulfide) groups is 2. The molecule has 2 atom stereocenters. The van der Waals surface area contributed by atoms with Crippen LogP contribution in [-0.4, -0.2) is 64.0 Å². The summed E-state index contributed by atoms with van der Waals surface area (Å²) in [5.74, 6) is 1.40. The van der Waals surface area contributed by atoms with E-state index in [9.17, 15) is 19.5 Å². The van der Waals surface area contributed by atoms with Crippen molar-refractivity contribution < 1.29 is 29.0 Å². The number of ether oxygens (including phenoxy) is 2. The molecule has 0 bridgehead atoms. The van der Waals surface area contributed by atoms with Crippen molar-refractivity contribution in [2.45, 2.75) is 12.1 Å². The lowest BCUT2D eigenvalue weighted by Crippen LogP contribution is -2.47. The predicted molar refractivity (Wildman–Crippen MR) is 101 cm³/mol. The molecule has 1 aromatic rings. The number of hydrogen-bond acceptors (Lipinski definition) is 8. The summed E-state index contributed by atoms with van der Waals surface area (Å²) in [6.07, 6.45) is 0.974. The first-order valence-electron chi connectivity index (χ1n) is 8.21. The lowest BCUT2D eigenvalue weighted by atomic mass is 10.2. The molecule has 8 nitrogen and oxygen atoms in total. The van der Waals surface area contributed by atoms with E-state index >= 15 is 0 Å². The second kappa shape index (κ2) is 7.45.